The van der Waals surface area contributed by atoms with Crippen LogP contribution in [0.25, 0.3) is 0 Å². The standard InChI is InChI=1S/C13H16FN3O2S2/c1-8-6-9(7-10(15)11(8)14)21(18,19)17-13(2,3)12-16-4-5-20-12/h4-7,17H,15H2,1-3H3. The van der Waals surface area contributed by atoms with Crippen molar-refractivity contribution in [3.05, 3.63) is 40.1 Å². The quantitative estimate of drug-likeness (QED) is 0.844. The first-order valence-corrected chi connectivity index (χ1v) is 8.49. The van der Waals surface area contributed by atoms with Crippen LogP contribution in [0.1, 0.15) is 24.4 Å². The summed E-state index contributed by atoms with van der Waals surface area (Å²) in [5, 5.41) is 2.41. The molecule has 0 saturated heterocycles. The lowest BCUT2D eigenvalue weighted by molar-refractivity contribution is 0.469. The Morgan fingerprint density at radius 1 is 1.38 bits per heavy atom. The molecule has 3 N–H and O–H groups in total. The van der Waals surface area contributed by atoms with Crippen molar-refractivity contribution in [1.29, 1.82) is 0 Å². The number of halogens is 1. The van der Waals surface area contributed by atoms with Crippen LogP contribution in [0.15, 0.2) is 28.6 Å². The number of anilines is 1. The summed E-state index contributed by atoms with van der Waals surface area (Å²) < 4.78 is 41.0. The van der Waals surface area contributed by atoms with Crippen molar-refractivity contribution < 1.29 is 12.8 Å². The van der Waals surface area contributed by atoms with E-state index in [-0.39, 0.29) is 16.1 Å². The maximum absolute atomic E-state index is 13.5. The van der Waals surface area contributed by atoms with Crippen LogP contribution < -0.4 is 10.5 Å². The van der Waals surface area contributed by atoms with Gasteiger partial charge in [0.05, 0.1) is 16.1 Å². The number of thiazole rings is 1. The van der Waals surface area contributed by atoms with Gasteiger partial charge in [0.1, 0.15) is 10.8 Å². The van der Waals surface area contributed by atoms with Crippen molar-refractivity contribution in [2.75, 3.05) is 5.73 Å². The molecule has 114 valence electrons. The molecule has 0 aliphatic rings. The molecule has 8 heteroatoms. The van der Waals surface area contributed by atoms with Crippen LogP contribution in [0.3, 0.4) is 0 Å². The van der Waals surface area contributed by atoms with Crippen molar-refractivity contribution in [1.82, 2.24) is 9.71 Å². The van der Waals surface area contributed by atoms with Gasteiger partial charge in [-0.15, -0.1) is 11.3 Å². The largest absolute Gasteiger partial charge is 0.396 e. The second-order valence-electron chi connectivity index (χ2n) is 5.21. The van der Waals surface area contributed by atoms with E-state index in [1.54, 1.807) is 25.4 Å². The Bertz CT molecular complexity index is 733. The molecule has 1 heterocycles. The van der Waals surface area contributed by atoms with Gasteiger partial charge < -0.3 is 5.73 Å². The highest BCUT2D eigenvalue weighted by Crippen LogP contribution is 2.26. The van der Waals surface area contributed by atoms with Gasteiger partial charge in [-0.05, 0) is 38.5 Å². The Morgan fingerprint density at radius 3 is 2.57 bits per heavy atom. The van der Waals surface area contributed by atoms with E-state index in [4.69, 9.17) is 5.73 Å². The van der Waals surface area contributed by atoms with Crippen LogP contribution in [0.2, 0.25) is 0 Å². The summed E-state index contributed by atoms with van der Waals surface area (Å²) in [7, 11) is -3.84. The van der Waals surface area contributed by atoms with Gasteiger partial charge in [0.15, 0.2) is 0 Å². The average Bonchev–Trinajstić information content (AvgIpc) is 2.88. The molecule has 0 radical (unpaired) electrons. The van der Waals surface area contributed by atoms with Gasteiger partial charge in [0, 0.05) is 11.6 Å². The van der Waals surface area contributed by atoms with E-state index in [2.05, 4.69) is 9.71 Å². The van der Waals surface area contributed by atoms with E-state index in [0.717, 1.165) is 6.07 Å². The normalized spacial score (nSPS) is 12.6. The monoisotopic (exact) mass is 329 g/mol. The second-order valence-corrected chi connectivity index (χ2v) is 7.79. The van der Waals surface area contributed by atoms with Crippen LogP contribution in [0.5, 0.6) is 0 Å². The number of nitrogens with zero attached hydrogens (tertiary/aromatic N) is 1. The molecule has 0 unspecified atom stereocenters. The predicted molar refractivity (Wildman–Crippen MR) is 81.0 cm³/mol. The minimum Gasteiger partial charge on any atom is -0.396 e. The first-order valence-electron chi connectivity index (χ1n) is 6.13. The highest BCUT2D eigenvalue weighted by atomic mass is 32.2. The average molecular weight is 329 g/mol. The van der Waals surface area contributed by atoms with Gasteiger partial charge in [-0.3, -0.25) is 0 Å². The molecule has 0 spiro atoms. The van der Waals surface area contributed by atoms with E-state index >= 15 is 0 Å². The van der Waals surface area contributed by atoms with Gasteiger partial charge in [0.25, 0.3) is 0 Å². The number of nitrogens with one attached hydrogen (secondary N) is 1. The Morgan fingerprint density at radius 2 is 2.05 bits per heavy atom. The molecule has 0 bridgehead atoms. The van der Waals surface area contributed by atoms with E-state index in [9.17, 15) is 12.8 Å². The summed E-state index contributed by atoms with van der Waals surface area (Å²) in [6.45, 7) is 4.89. The third-order valence-corrected chi connectivity index (χ3v) is 5.66. The Kier molecular flexibility index (Phi) is 4.05. The number of benzene rings is 1. The molecular weight excluding hydrogens is 313 g/mol. The SMILES string of the molecule is Cc1cc(S(=O)(=O)NC(C)(C)c2nccs2)cc(N)c1F. The summed E-state index contributed by atoms with van der Waals surface area (Å²) in [5.74, 6) is -0.604. The first kappa shape index (κ1) is 15.9. The molecule has 0 fully saturated rings. The third-order valence-electron chi connectivity index (χ3n) is 2.92. The van der Waals surface area contributed by atoms with Crippen molar-refractivity contribution in [3.8, 4) is 0 Å². The molecule has 0 saturated carbocycles. The number of aryl methyl sites for hydroxylation is 1. The number of hydrogen-bond acceptors (Lipinski definition) is 5. The summed E-state index contributed by atoms with van der Waals surface area (Å²) in [5.41, 5.74) is 4.62. The van der Waals surface area contributed by atoms with Crippen LogP contribution >= 0.6 is 11.3 Å². The summed E-state index contributed by atoms with van der Waals surface area (Å²) in [4.78, 5) is 4.06. The van der Waals surface area contributed by atoms with Crippen LogP contribution in [-0.2, 0) is 15.6 Å². The molecule has 2 aromatic rings. The van der Waals surface area contributed by atoms with E-state index < -0.39 is 21.4 Å². The Balaban J connectivity index is 2.40. The number of aromatic nitrogens is 1. The number of nitrogens with two attached hydrogens (primary N) is 1. The first-order chi connectivity index (χ1) is 9.63. The van der Waals surface area contributed by atoms with Gasteiger partial charge in [-0.2, -0.15) is 4.72 Å². The van der Waals surface area contributed by atoms with Gasteiger partial charge in [0.2, 0.25) is 10.0 Å². The van der Waals surface area contributed by atoms with Crippen LogP contribution in [0.4, 0.5) is 10.1 Å². The zero-order chi connectivity index (χ0) is 15.8. The summed E-state index contributed by atoms with van der Waals surface area (Å²) in [6, 6.07) is 2.37. The minimum absolute atomic E-state index is 0.0662. The van der Waals surface area contributed by atoms with E-state index in [1.165, 1.54) is 24.3 Å². The van der Waals surface area contributed by atoms with E-state index in [0.29, 0.717) is 5.01 Å². The van der Waals surface area contributed by atoms with Crippen LogP contribution in [0, 0.1) is 12.7 Å². The van der Waals surface area contributed by atoms with Gasteiger partial charge >= 0.3 is 0 Å². The Hall–Kier alpha value is -1.51. The molecule has 1 aromatic heterocycles. The summed E-state index contributed by atoms with van der Waals surface area (Å²) >= 11 is 1.35. The third kappa shape index (κ3) is 3.22. The lowest BCUT2D eigenvalue weighted by Crippen LogP contribution is -2.40. The number of hydrogen-bond donors (Lipinski definition) is 2. The fraction of sp³-hybridized carbons (Fsp3) is 0.308. The smallest absolute Gasteiger partial charge is 0.241 e. The molecule has 0 amide bonds. The summed E-state index contributed by atoms with van der Waals surface area (Å²) in [6.07, 6.45) is 1.61. The van der Waals surface area contributed by atoms with Crippen molar-refractivity contribution in [2.24, 2.45) is 0 Å². The molecule has 0 aliphatic carbocycles. The number of nitrogen functional groups attached to an aromatic ring is 1. The lowest BCUT2D eigenvalue weighted by atomic mass is 10.1. The maximum Gasteiger partial charge on any atom is 0.241 e. The highest BCUT2D eigenvalue weighted by Gasteiger charge is 2.30. The lowest BCUT2D eigenvalue weighted by Gasteiger charge is -2.23. The predicted octanol–water partition coefficient (Wildman–Crippen LogP) is 2.39. The molecule has 0 atom stereocenters. The molecule has 1 aromatic carbocycles. The van der Waals surface area contributed by atoms with Gasteiger partial charge in [-0.1, -0.05) is 0 Å². The number of rotatable bonds is 4. The fourth-order valence-corrected chi connectivity index (χ4v) is 4.17. The molecule has 21 heavy (non-hydrogen) atoms. The van der Waals surface area contributed by atoms with Crippen molar-refractivity contribution in [3.63, 3.8) is 0 Å². The molecular formula is C13H16FN3O2S2. The molecule has 0 aliphatic heterocycles. The zero-order valence-electron chi connectivity index (χ0n) is 11.8. The Labute approximate surface area is 127 Å². The van der Waals surface area contributed by atoms with Crippen molar-refractivity contribution >= 4 is 27.0 Å². The number of sulfonamides is 1. The van der Waals surface area contributed by atoms with Crippen molar-refractivity contribution in [2.45, 2.75) is 31.2 Å². The fourth-order valence-electron chi connectivity index (χ4n) is 1.89. The molecule has 5 nitrogen and oxygen atoms in total. The minimum atomic E-state index is -3.84. The highest BCUT2D eigenvalue weighted by molar-refractivity contribution is 7.89. The topological polar surface area (TPSA) is 85.1 Å². The zero-order valence-corrected chi connectivity index (χ0v) is 13.5. The van der Waals surface area contributed by atoms with E-state index in [1.807, 2.05) is 0 Å². The van der Waals surface area contributed by atoms with Gasteiger partial charge in [-0.25, -0.2) is 17.8 Å². The maximum atomic E-state index is 13.5. The molecule has 2 rings (SSSR count). The van der Waals surface area contributed by atoms with Crippen LogP contribution in [-0.4, -0.2) is 13.4 Å². The second kappa shape index (κ2) is 5.36.